The molecule has 6 aromatic carbocycles. The molecule has 0 spiro atoms. The first kappa shape index (κ1) is 27.4. The molecule has 46 heavy (non-hydrogen) atoms. The number of hydrogen-bond donors (Lipinski definition) is 0. The van der Waals surface area contributed by atoms with Crippen LogP contribution in [0.2, 0.25) is 0 Å². The number of hydrogen-bond acceptors (Lipinski definition) is 2. The summed E-state index contributed by atoms with van der Waals surface area (Å²) in [6, 6.07) is 62.1. The van der Waals surface area contributed by atoms with E-state index in [2.05, 4.69) is 163 Å². The van der Waals surface area contributed by atoms with E-state index in [4.69, 9.17) is 4.98 Å². The van der Waals surface area contributed by atoms with Gasteiger partial charge >= 0.3 is 0 Å². The number of rotatable bonds is 6. The van der Waals surface area contributed by atoms with E-state index >= 15 is 0 Å². The Bertz CT molecular complexity index is 2260. The largest absolute Gasteiger partial charge is 0.256 e. The lowest BCUT2D eigenvalue weighted by Gasteiger charge is -2.14. The molecule has 8 rings (SSSR count). The van der Waals surface area contributed by atoms with E-state index in [9.17, 15) is 0 Å². The summed E-state index contributed by atoms with van der Waals surface area (Å²) in [5.41, 5.74) is 14.5. The summed E-state index contributed by atoms with van der Waals surface area (Å²) in [5, 5.41) is 1.12. The van der Waals surface area contributed by atoms with E-state index in [1.165, 1.54) is 27.8 Å². The van der Waals surface area contributed by atoms with Crippen molar-refractivity contribution in [2.24, 2.45) is 0 Å². The van der Waals surface area contributed by atoms with E-state index in [0.717, 1.165) is 50.1 Å². The van der Waals surface area contributed by atoms with Crippen molar-refractivity contribution in [3.8, 4) is 67.0 Å². The quantitative estimate of drug-likeness (QED) is 0.194. The van der Waals surface area contributed by atoms with Gasteiger partial charge in [-0.15, -0.1) is 0 Å². The first-order chi connectivity index (χ1) is 22.8. The molecule has 0 bridgehead atoms. The molecular formula is C44H30N2. The number of nitrogens with zero attached hydrogens (tertiary/aromatic N) is 2. The summed E-state index contributed by atoms with van der Waals surface area (Å²) in [6.07, 6.45) is 1.84. The molecule has 2 heterocycles. The molecule has 0 fully saturated rings. The van der Waals surface area contributed by atoms with E-state index in [-0.39, 0.29) is 0 Å². The fraction of sp³-hybridized carbons (Fsp3) is 0. The smallest absolute Gasteiger partial charge is 0.0716 e. The average molecular weight is 587 g/mol. The van der Waals surface area contributed by atoms with E-state index in [1.54, 1.807) is 0 Å². The number of pyridine rings is 2. The van der Waals surface area contributed by atoms with E-state index in [1.807, 2.05) is 24.4 Å². The Labute approximate surface area is 269 Å². The van der Waals surface area contributed by atoms with Gasteiger partial charge in [0.2, 0.25) is 0 Å². The number of fused-ring (bicyclic) bond motifs is 1. The molecule has 0 saturated heterocycles. The highest BCUT2D eigenvalue weighted by atomic mass is 14.7. The molecule has 8 aromatic rings. The maximum absolute atomic E-state index is 5.19. The highest BCUT2D eigenvalue weighted by Crippen LogP contribution is 2.37. The molecule has 2 nitrogen and oxygen atoms in total. The molecule has 0 radical (unpaired) electrons. The average Bonchev–Trinajstić information content (AvgIpc) is 3.15. The summed E-state index contributed by atoms with van der Waals surface area (Å²) in [4.78, 5) is 9.81. The Morgan fingerprint density at radius 3 is 1.46 bits per heavy atom. The van der Waals surface area contributed by atoms with Crippen molar-refractivity contribution in [3.05, 3.63) is 182 Å². The van der Waals surface area contributed by atoms with Crippen molar-refractivity contribution in [2.45, 2.75) is 0 Å². The molecule has 0 N–H and O–H groups in total. The Balaban J connectivity index is 1.25. The highest BCUT2D eigenvalue weighted by Gasteiger charge is 2.13. The van der Waals surface area contributed by atoms with Crippen LogP contribution in [-0.4, -0.2) is 9.97 Å². The Morgan fingerprint density at radius 1 is 0.304 bits per heavy atom. The van der Waals surface area contributed by atoms with E-state index in [0.29, 0.717) is 0 Å². The van der Waals surface area contributed by atoms with Gasteiger partial charge in [0.1, 0.15) is 0 Å². The lowest BCUT2D eigenvalue weighted by molar-refractivity contribution is 1.33. The molecule has 0 atom stereocenters. The van der Waals surface area contributed by atoms with Crippen LogP contribution in [0.1, 0.15) is 0 Å². The summed E-state index contributed by atoms with van der Waals surface area (Å²) in [6.45, 7) is 0. The van der Waals surface area contributed by atoms with Gasteiger partial charge in [-0.25, -0.2) is 4.98 Å². The van der Waals surface area contributed by atoms with Crippen LogP contribution in [-0.2, 0) is 0 Å². The zero-order valence-electron chi connectivity index (χ0n) is 25.2. The number of benzene rings is 6. The fourth-order valence-corrected chi connectivity index (χ4v) is 6.12. The fourth-order valence-electron chi connectivity index (χ4n) is 6.12. The standard InChI is InChI=1S/C44H30N2/c1-3-10-31(11-4-1)33-17-19-35(20-18-33)37-25-26-43-41(29-37)40(38-14-9-15-39(28-38)42-16-7-8-27-45-42)30-44(46-43)36-23-21-34(22-24-36)32-12-5-2-6-13-32/h1-30H. The summed E-state index contributed by atoms with van der Waals surface area (Å²) >= 11 is 0. The van der Waals surface area contributed by atoms with Crippen LogP contribution in [0.15, 0.2) is 182 Å². The van der Waals surface area contributed by atoms with Crippen molar-refractivity contribution in [1.29, 1.82) is 0 Å². The van der Waals surface area contributed by atoms with E-state index < -0.39 is 0 Å². The van der Waals surface area contributed by atoms with Gasteiger partial charge in [-0.2, -0.15) is 0 Å². The van der Waals surface area contributed by atoms with Gasteiger partial charge in [0.25, 0.3) is 0 Å². The first-order valence-electron chi connectivity index (χ1n) is 15.6. The van der Waals surface area contributed by atoms with Crippen molar-refractivity contribution >= 4 is 10.9 Å². The Morgan fingerprint density at radius 2 is 0.826 bits per heavy atom. The monoisotopic (exact) mass is 586 g/mol. The van der Waals surface area contributed by atoms with Gasteiger partial charge in [0.15, 0.2) is 0 Å². The molecule has 0 saturated carbocycles. The third-order valence-electron chi connectivity index (χ3n) is 8.56. The predicted octanol–water partition coefficient (Wildman–Crippen LogP) is 11.6. The second kappa shape index (κ2) is 12.1. The topological polar surface area (TPSA) is 25.8 Å². The molecule has 0 aliphatic rings. The zero-order valence-corrected chi connectivity index (χ0v) is 25.2. The summed E-state index contributed by atoms with van der Waals surface area (Å²) < 4.78 is 0. The molecule has 0 aliphatic heterocycles. The molecule has 2 aromatic heterocycles. The molecule has 2 heteroatoms. The zero-order chi connectivity index (χ0) is 30.7. The van der Waals surface area contributed by atoms with Crippen molar-refractivity contribution in [2.75, 3.05) is 0 Å². The van der Waals surface area contributed by atoms with Gasteiger partial charge in [-0.05, 0) is 80.9 Å². The maximum atomic E-state index is 5.19. The molecule has 0 aliphatic carbocycles. The van der Waals surface area contributed by atoms with Crippen LogP contribution in [0.25, 0.3) is 77.9 Å². The second-order valence-electron chi connectivity index (χ2n) is 11.5. The number of aromatic nitrogens is 2. The highest BCUT2D eigenvalue weighted by molar-refractivity contribution is 5.99. The minimum atomic E-state index is 0.949. The van der Waals surface area contributed by atoms with Crippen LogP contribution in [0.3, 0.4) is 0 Å². The van der Waals surface area contributed by atoms with Gasteiger partial charge in [0.05, 0.1) is 16.9 Å². The maximum Gasteiger partial charge on any atom is 0.0716 e. The second-order valence-corrected chi connectivity index (χ2v) is 11.5. The summed E-state index contributed by atoms with van der Waals surface area (Å²) in [7, 11) is 0. The van der Waals surface area contributed by atoms with Crippen LogP contribution in [0, 0.1) is 0 Å². The molecular weight excluding hydrogens is 556 g/mol. The van der Waals surface area contributed by atoms with Gasteiger partial charge in [-0.3, -0.25) is 4.98 Å². The van der Waals surface area contributed by atoms with Crippen molar-refractivity contribution in [3.63, 3.8) is 0 Å². The van der Waals surface area contributed by atoms with Crippen molar-refractivity contribution < 1.29 is 0 Å². The minimum Gasteiger partial charge on any atom is -0.256 e. The normalized spacial score (nSPS) is 11.0. The lowest BCUT2D eigenvalue weighted by Crippen LogP contribution is -1.92. The third kappa shape index (κ3) is 5.49. The van der Waals surface area contributed by atoms with Crippen LogP contribution < -0.4 is 0 Å². The molecule has 0 amide bonds. The Hall–Kier alpha value is -6.12. The van der Waals surface area contributed by atoms with Gasteiger partial charge < -0.3 is 0 Å². The van der Waals surface area contributed by atoms with Crippen LogP contribution in [0.5, 0.6) is 0 Å². The third-order valence-corrected chi connectivity index (χ3v) is 8.56. The minimum absolute atomic E-state index is 0.949. The SMILES string of the molecule is c1ccc(-c2ccc(-c3ccc4nc(-c5ccc(-c6ccccc6)cc5)cc(-c5cccc(-c6ccccn6)c5)c4c3)cc2)cc1. The van der Waals surface area contributed by atoms with Gasteiger partial charge in [0, 0.05) is 22.7 Å². The summed E-state index contributed by atoms with van der Waals surface area (Å²) in [5.74, 6) is 0. The first-order valence-corrected chi connectivity index (χ1v) is 15.6. The van der Waals surface area contributed by atoms with Crippen LogP contribution >= 0.6 is 0 Å². The predicted molar refractivity (Wildman–Crippen MR) is 192 cm³/mol. The van der Waals surface area contributed by atoms with Crippen molar-refractivity contribution in [1.82, 2.24) is 9.97 Å². The van der Waals surface area contributed by atoms with Gasteiger partial charge in [-0.1, -0.05) is 140 Å². The molecule has 216 valence electrons. The lowest BCUT2D eigenvalue weighted by atomic mass is 9.93. The molecule has 0 unspecified atom stereocenters. The Kier molecular flexibility index (Phi) is 7.22. The van der Waals surface area contributed by atoms with Crippen LogP contribution in [0.4, 0.5) is 0 Å².